The number of rotatable bonds is 2. The molecule has 1 aliphatic rings. The number of carbonyl (C=O) groups excluding carboxylic acids is 1. The first kappa shape index (κ1) is 11.0. The summed E-state index contributed by atoms with van der Waals surface area (Å²) >= 11 is 0. The van der Waals surface area contributed by atoms with Gasteiger partial charge in [-0.25, -0.2) is 0 Å². The molecule has 1 atom stereocenters. The molecule has 0 bridgehead atoms. The quantitative estimate of drug-likeness (QED) is 0.735. The van der Waals surface area contributed by atoms with Gasteiger partial charge in [-0.3, -0.25) is 9.59 Å². The number of hydrogen-bond acceptors (Lipinski definition) is 2. The highest BCUT2D eigenvalue weighted by atomic mass is 16.4. The average Bonchev–Trinajstić information content (AvgIpc) is 1.98. The van der Waals surface area contributed by atoms with Gasteiger partial charge in [-0.05, 0) is 23.8 Å². The van der Waals surface area contributed by atoms with Gasteiger partial charge in [-0.1, -0.05) is 19.9 Å². The topological polar surface area (TPSA) is 54.4 Å². The van der Waals surface area contributed by atoms with Crippen LogP contribution in [0.3, 0.4) is 0 Å². The minimum atomic E-state index is -0.830. The summed E-state index contributed by atoms with van der Waals surface area (Å²) < 4.78 is 0. The van der Waals surface area contributed by atoms with Crippen LogP contribution in [-0.2, 0) is 9.59 Å². The number of ketones is 1. The summed E-state index contributed by atoms with van der Waals surface area (Å²) in [7, 11) is 0. The van der Waals surface area contributed by atoms with Gasteiger partial charge in [-0.2, -0.15) is 0 Å². The lowest BCUT2D eigenvalue weighted by atomic mass is 9.69. The van der Waals surface area contributed by atoms with Crippen LogP contribution < -0.4 is 0 Å². The Morgan fingerprint density at radius 2 is 2.21 bits per heavy atom. The summed E-state index contributed by atoms with van der Waals surface area (Å²) in [5.41, 5.74) is 0.577. The predicted molar refractivity (Wildman–Crippen MR) is 52.9 cm³/mol. The maximum Gasteiger partial charge on any atom is 0.303 e. The highest BCUT2D eigenvalue weighted by Crippen LogP contribution is 2.39. The molecule has 0 amide bonds. The number of aliphatic carboxylic acids is 1. The van der Waals surface area contributed by atoms with E-state index < -0.39 is 5.97 Å². The monoisotopic (exact) mass is 196 g/mol. The summed E-state index contributed by atoms with van der Waals surface area (Å²) in [5, 5.41) is 8.72. The molecule has 0 heterocycles. The number of allylic oxidation sites excluding steroid dienone is 2. The molecule has 3 nitrogen and oxygen atoms in total. The van der Waals surface area contributed by atoms with Crippen LogP contribution in [0.2, 0.25) is 0 Å². The molecule has 0 aliphatic heterocycles. The Bertz CT molecular complexity index is 300. The normalized spacial score (nSPS) is 25.8. The maximum atomic E-state index is 11.4. The molecule has 14 heavy (non-hydrogen) atoms. The van der Waals surface area contributed by atoms with Crippen molar-refractivity contribution in [1.82, 2.24) is 0 Å². The second kappa shape index (κ2) is 3.56. The van der Waals surface area contributed by atoms with Crippen LogP contribution in [-0.4, -0.2) is 16.9 Å². The highest BCUT2D eigenvalue weighted by Gasteiger charge is 2.35. The zero-order valence-electron chi connectivity index (χ0n) is 8.83. The lowest BCUT2D eigenvalue weighted by Gasteiger charge is -2.34. The lowest BCUT2D eigenvalue weighted by molar-refractivity contribution is -0.139. The predicted octanol–water partition coefficient (Wildman–Crippen LogP) is 2.02. The van der Waals surface area contributed by atoms with Gasteiger partial charge in [-0.15, -0.1) is 0 Å². The average molecular weight is 196 g/mol. The summed E-state index contributed by atoms with van der Waals surface area (Å²) in [6, 6.07) is 0. The minimum absolute atomic E-state index is 0.0719. The molecule has 0 aromatic heterocycles. The second-order valence-electron chi connectivity index (χ2n) is 4.57. The van der Waals surface area contributed by atoms with Gasteiger partial charge in [0.2, 0.25) is 0 Å². The van der Waals surface area contributed by atoms with Crippen molar-refractivity contribution in [3.8, 4) is 0 Å². The number of carboxylic acid groups (broad SMARTS) is 1. The van der Waals surface area contributed by atoms with Gasteiger partial charge < -0.3 is 5.11 Å². The van der Waals surface area contributed by atoms with E-state index >= 15 is 0 Å². The highest BCUT2D eigenvalue weighted by molar-refractivity contribution is 5.96. The van der Waals surface area contributed by atoms with Crippen LogP contribution in [0, 0.1) is 11.3 Å². The zero-order chi connectivity index (χ0) is 10.9. The lowest BCUT2D eigenvalue weighted by Crippen LogP contribution is -2.31. The molecule has 1 aliphatic carbocycles. The zero-order valence-corrected chi connectivity index (χ0v) is 8.83. The van der Waals surface area contributed by atoms with Crippen molar-refractivity contribution in [2.45, 2.75) is 33.6 Å². The van der Waals surface area contributed by atoms with Crippen LogP contribution >= 0.6 is 0 Å². The molecular weight excluding hydrogens is 180 g/mol. The van der Waals surface area contributed by atoms with Crippen LogP contribution in [0.15, 0.2) is 11.6 Å². The van der Waals surface area contributed by atoms with Gasteiger partial charge in [0.25, 0.3) is 0 Å². The third-order valence-electron chi connectivity index (χ3n) is 2.93. The summed E-state index contributed by atoms with van der Waals surface area (Å²) in [6.07, 6.45) is 2.33. The summed E-state index contributed by atoms with van der Waals surface area (Å²) in [6.45, 7) is 5.76. The van der Waals surface area contributed by atoms with Crippen molar-refractivity contribution in [3.63, 3.8) is 0 Å². The van der Waals surface area contributed by atoms with Crippen LogP contribution in [0.1, 0.15) is 33.6 Å². The van der Waals surface area contributed by atoms with Gasteiger partial charge in [0, 0.05) is 12.8 Å². The van der Waals surface area contributed by atoms with E-state index in [1.807, 2.05) is 19.9 Å². The molecule has 0 spiro atoms. The number of carbonyl (C=O) groups is 2. The first-order chi connectivity index (χ1) is 6.33. The molecular formula is C11H16O3. The number of Topliss-reactive ketones (excluding diaryl/α,β-unsaturated/α-hetero) is 1. The van der Waals surface area contributed by atoms with E-state index in [1.54, 1.807) is 6.92 Å². The largest absolute Gasteiger partial charge is 0.481 e. The van der Waals surface area contributed by atoms with E-state index in [4.69, 9.17) is 5.11 Å². The van der Waals surface area contributed by atoms with Crippen molar-refractivity contribution in [2.75, 3.05) is 0 Å². The van der Waals surface area contributed by atoms with Gasteiger partial charge in [0.05, 0.1) is 0 Å². The first-order valence-electron chi connectivity index (χ1n) is 4.77. The van der Waals surface area contributed by atoms with E-state index in [2.05, 4.69) is 0 Å². The Balaban J connectivity index is 2.89. The molecule has 0 aromatic rings. The van der Waals surface area contributed by atoms with E-state index in [-0.39, 0.29) is 23.5 Å². The van der Waals surface area contributed by atoms with E-state index in [1.165, 1.54) is 0 Å². The Kier molecular flexibility index (Phi) is 2.79. The van der Waals surface area contributed by atoms with Crippen molar-refractivity contribution in [2.24, 2.45) is 11.3 Å². The van der Waals surface area contributed by atoms with Crippen molar-refractivity contribution < 1.29 is 14.7 Å². The number of carboxylic acids is 1. The minimum Gasteiger partial charge on any atom is -0.481 e. The van der Waals surface area contributed by atoms with Gasteiger partial charge in [0.1, 0.15) is 0 Å². The molecule has 0 saturated heterocycles. The molecule has 78 valence electrons. The van der Waals surface area contributed by atoms with E-state index in [0.29, 0.717) is 6.42 Å². The van der Waals surface area contributed by atoms with E-state index in [9.17, 15) is 9.59 Å². The summed E-state index contributed by atoms with van der Waals surface area (Å²) in [4.78, 5) is 22.0. The number of hydrogen-bond donors (Lipinski definition) is 1. The van der Waals surface area contributed by atoms with Gasteiger partial charge >= 0.3 is 5.97 Å². The standard InChI is InChI=1S/C11H16O3/c1-7-6-11(2,3)8(4-9(7)12)5-10(13)14/h6,8H,4-5H2,1-3H3,(H,13,14)/t8-/m0/s1. The van der Waals surface area contributed by atoms with Crippen molar-refractivity contribution in [3.05, 3.63) is 11.6 Å². The Labute approximate surface area is 83.8 Å². The van der Waals surface area contributed by atoms with E-state index in [0.717, 1.165) is 5.57 Å². The Morgan fingerprint density at radius 1 is 1.64 bits per heavy atom. The fraction of sp³-hybridized carbons (Fsp3) is 0.636. The fourth-order valence-corrected chi connectivity index (χ4v) is 1.95. The molecule has 0 fully saturated rings. The summed E-state index contributed by atoms with van der Waals surface area (Å²) in [5.74, 6) is -0.824. The maximum absolute atomic E-state index is 11.4. The van der Waals surface area contributed by atoms with Crippen molar-refractivity contribution >= 4 is 11.8 Å². The molecule has 0 saturated carbocycles. The van der Waals surface area contributed by atoms with Crippen LogP contribution in [0.5, 0.6) is 0 Å². The Hall–Kier alpha value is -1.12. The van der Waals surface area contributed by atoms with Gasteiger partial charge in [0.15, 0.2) is 5.78 Å². The molecule has 0 radical (unpaired) electrons. The Morgan fingerprint density at radius 3 is 2.71 bits per heavy atom. The van der Waals surface area contributed by atoms with Crippen molar-refractivity contribution in [1.29, 1.82) is 0 Å². The first-order valence-corrected chi connectivity index (χ1v) is 4.77. The SMILES string of the molecule is CC1=CC(C)(C)[C@H](CC(=O)O)CC1=O. The molecule has 1 rings (SSSR count). The van der Waals surface area contributed by atoms with Crippen LogP contribution in [0.4, 0.5) is 0 Å². The fourth-order valence-electron chi connectivity index (χ4n) is 1.95. The van der Waals surface area contributed by atoms with Crippen LogP contribution in [0.25, 0.3) is 0 Å². The molecule has 0 aromatic carbocycles. The molecule has 0 unspecified atom stereocenters. The third kappa shape index (κ3) is 2.22. The third-order valence-corrected chi connectivity index (χ3v) is 2.93. The smallest absolute Gasteiger partial charge is 0.303 e. The molecule has 3 heteroatoms. The molecule has 1 N–H and O–H groups in total. The second-order valence-corrected chi connectivity index (χ2v) is 4.57.